The molecule has 0 aromatic heterocycles. The van der Waals surface area contributed by atoms with E-state index in [2.05, 4.69) is 24.5 Å². The summed E-state index contributed by atoms with van der Waals surface area (Å²) in [5.41, 5.74) is 3.84. The van der Waals surface area contributed by atoms with Crippen molar-refractivity contribution in [1.29, 1.82) is 5.26 Å². The van der Waals surface area contributed by atoms with Crippen LogP contribution in [0.25, 0.3) is 0 Å². The zero-order chi connectivity index (χ0) is 18.4. The topological polar surface area (TPSA) is 88.0 Å². The van der Waals surface area contributed by atoms with E-state index in [1.165, 1.54) is 0 Å². The molecule has 5 nitrogen and oxygen atoms in total. The number of aliphatic carboxylic acids is 1. The maximum atomic E-state index is 11.6. The van der Waals surface area contributed by atoms with E-state index < -0.39 is 12.0 Å². The molecule has 0 aliphatic carbocycles. The molecule has 0 saturated carbocycles. The highest BCUT2D eigenvalue weighted by atomic mass is 16.4. The predicted molar refractivity (Wildman–Crippen MR) is 97.1 cm³/mol. The molecular weight excluding hydrogens is 314 g/mol. The van der Waals surface area contributed by atoms with Crippen LogP contribution >= 0.6 is 0 Å². The number of nitrogens with zero attached hydrogens (tertiary/aromatic N) is 1. The second kappa shape index (κ2) is 8.20. The first-order chi connectivity index (χ1) is 11.9. The van der Waals surface area contributed by atoms with Gasteiger partial charge in [-0.25, -0.2) is 0 Å². The van der Waals surface area contributed by atoms with Gasteiger partial charge in [-0.15, -0.1) is 0 Å². The maximum absolute atomic E-state index is 11.6. The Bertz CT molecular complexity index is 777. The van der Waals surface area contributed by atoms with Crippen molar-refractivity contribution in [3.05, 3.63) is 59.2 Å². The SMILES string of the molecule is CCc1cc(C(Nc2ccc(C#N)cc2)C(=O)[O-])ccc1NC(C)C. The molecule has 0 fully saturated rings. The molecule has 25 heavy (non-hydrogen) atoms. The third kappa shape index (κ3) is 4.74. The van der Waals surface area contributed by atoms with Crippen molar-refractivity contribution in [2.75, 3.05) is 10.6 Å². The Morgan fingerprint density at radius 2 is 1.84 bits per heavy atom. The van der Waals surface area contributed by atoms with E-state index >= 15 is 0 Å². The van der Waals surface area contributed by atoms with Crippen LogP contribution < -0.4 is 15.7 Å². The van der Waals surface area contributed by atoms with Crippen molar-refractivity contribution in [2.24, 2.45) is 0 Å². The molecule has 2 rings (SSSR count). The molecule has 0 aliphatic rings. The van der Waals surface area contributed by atoms with Gasteiger partial charge in [0.15, 0.2) is 0 Å². The highest BCUT2D eigenvalue weighted by Gasteiger charge is 2.15. The van der Waals surface area contributed by atoms with Crippen LogP contribution in [0, 0.1) is 11.3 Å². The van der Waals surface area contributed by atoms with E-state index in [1.54, 1.807) is 30.3 Å². The fourth-order valence-electron chi connectivity index (χ4n) is 2.62. The molecule has 130 valence electrons. The van der Waals surface area contributed by atoms with Gasteiger partial charge in [0, 0.05) is 17.4 Å². The van der Waals surface area contributed by atoms with Crippen molar-refractivity contribution in [1.82, 2.24) is 0 Å². The number of benzene rings is 2. The first kappa shape index (κ1) is 18.3. The van der Waals surface area contributed by atoms with E-state index in [4.69, 9.17) is 5.26 Å². The number of hydrogen-bond donors (Lipinski definition) is 2. The smallest absolute Gasteiger partial charge is 0.0991 e. The predicted octanol–water partition coefficient (Wildman–Crippen LogP) is 2.84. The first-order valence-electron chi connectivity index (χ1n) is 8.31. The molecule has 0 heterocycles. The minimum absolute atomic E-state index is 0.296. The van der Waals surface area contributed by atoms with Gasteiger partial charge in [-0.05, 0) is 61.7 Å². The normalized spacial score (nSPS) is 11.6. The lowest BCUT2D eigenvalue weighted by Gasteiger charge is -2.23. The van der Waals surface area contributed by atoms with E-state index in [1.807, 2.05) is 25.1 Å². The van der Waals surface area contributed by atoms with Gasteiger partial charge in [-0.3, -0.25) is 0 Å². The summed E-state index contributed by atoms with van der Waals surface area (Å²) in [4.78, 5) is 11.6. The van der Waals surface area contributed by atoms with Gasteiger partial charge in [-0.2, -0.15) is 5.26 Å². The van der Waals surface area contributed by atoms with Gasteiger partial charge in [0.05, 0.1) is 23.6 Å². The monoisotopic (exact) mass is 336 g/mol. The number of carbonyl (C=O) groups is 1. The molecule has 1 atom stereocenters. The van der Waals surface area contributed by atoms with Crippen molar-refractivity contribution >= 4 is 17.3 Å². The van der Waals surface area contributed by atoms with Crippen LogP contribution in [0.3, 0.4) is 0 Å². The molecule has 2 N–H and O–H groups in total. The van der Waals surface area contributed by atoms with E-state index in [0.29, 0.717) is 22.9 Å². The van der Waals surface area contributed by atoms with E-state index in [-0.39, 0.29) is 0 Å². The zero-order valence-electron chi connectivity index (χ0n) is 14.7. The lowest BCUT2D eigenvalue weighted by Crippen LogP contribution is -2.34. The summed E-state index contributed by atoms with van der Waals surface area (Å²) >= 11 is 0. The summed E-state index contributed by atoms with van der Waals surface area (Å²) in [5.74, 6) is -1.20. The Morgan fingerprint density at radius 1 is 1.16 bits per heavy atom. The van der Waals surface area contributed by atoms with Crippen molar-refractivity contribution in [3.63, 3.8) is 0 Å². The number of carbonyl (C=O) groups excluding carboxylic acids is 1. The Labute approximate surface area is 148 Å². The van der Waals surface area contributed by atoms with Crippen LogP contribution in [0.4, 0.5) is 11.4 Å². The summed E-state index contributed by atoms with van der Waals surface area (Å²) < 4.78 is 0. The van der Waals surface area contributed by atoms with Gasteiger partial charge < -0.3 is 20.5 Å². The standard InChI is InChI=1S/C20H23N3O2/c1-4-15-11-16(7-10-18(15)22-13(2)3)19(20(24)25)23-17-8-5-14(12-21)6-9-17/h5-11,13,19,22-23H,4H2,1-3H3,(H,24,25)/p-1. The number of rotatable bonds is 7. The number of carboxylic acid groups (broad SMARTS) is 1. The molecule has 0 saturated heterocycles. The average molecular weight is 336 g/mol. The lowest BCUT2D eigenvalue weighted by atomic mass is 10.00. The van der Waals surface area contributed by atoms with Gasteiger partial charge in [0.1, 0.15) is 0 Å². The number of anilines is 2. The minimum Gasteiger partial charge on any atom is -0.548 e. The van der Waals surface area contributed by atoms with Gasteiger partial charge in [0.2, 0.25) is 0 Å². The van der Waals surface area contributed by atoms with Crippen LogP contribution in [-0.4, -0.2) is 12.0 Å². The highest BCUT2D eigenvalue weighted by Crippen LogP contribution is 2.25. The van der Waals surface area contributed by atoms with Crippen molar-refractivity contribution in [3.8, 4) is 6.07 Å². The molecule has 0 radical (unpaired) electrons. The fourth-order valence-corrected chi connectivity index (χ4v) is 2.62. The van der Waals surface area contributed by atoms with Gasteiger partial charge in [-0.1, -0.05) is 19.1 Å². The third-order valence-electron chi connectivity index (χ3n) is 3.85. The molecule has 0 bridgehead atoms. The molecule has 0 aliphatic heterocycles. The number of aryl methyl sites for hydroxylation is 1. The minimum atomic E-state index is -1.20. The second-order valence-electron chi connectivity index (χ2n) is 6.15. The Balaban J connectivity index is 2.30. The number of nitrogens with one attached hydrogen (secondary N) is 2. The van der Waals surface area contributed by atoms with Crippen LogP contribution in [0.5, 0.6) is 0 Å². The quantitative estimate of drug-likeness (QED) is 0.812. The van der Waals surface area contributed by atoms with Crippen LogP contribution in [0.1, 0.15) is 43.5 Å². The van der Waals surface area contributed by atoms with Crippen LogP contribution in [0.15, 0.2) is 42.5 Å². The largest absolute Gasteiger partial charge is 0.548 e. The summed E-state index contributed by atoms with van der Waals surface area (Å²) in [7, 11) is 0. The van der Waals surface area contributed by atoms with E-state index in [9.17, 15) is 9.90 Å². The van der Waals surface area contributed by atoms with Gasteiger partial charge >= 0.3 is 0 Å². The molecule has 0 amide bonds. The summed E-state index contributed by atoms with van der Waals surface area (Å²) in [6.07, 6.45) is 0.791. The number of hydrogen-bond acceptors (Lipinski definition) is 5. The Hall–Kier alpha value is -3.00. The summed E-state index contributed by atoms with van der Waals surface area (Å²) in [6, 6.07) is 13.6. The lowest BCUT2D eigenvalue weighted by molar-refractivity contribution is -0.307. The third-order valence-corrected chi connectivity index (χ3v) is 3.85. The second-order valence-corrected chi connectivity index (χ2v) is 6.15. The van der Waals surface area contributed by atoms with Gasteiger partial charge in [0.25, 0.3) is 0 Å². The maximum Gasteiger partial charge on any atom is 0.0991 e. The number of carboxylic acids is 1. The molecule has 0 spiro atoms. The van der Waals surface area contributed by atoms with Crippen LogP contribution in [-0.2, 0) is 11.2 Å². The Morgan fingerprint density at radius 3 is 2.36 bits per heavy atom. The van der Waals surface area contributed by atoms with E-state index in [0.717, 1.165) is 17.7 Å². The first-order valence-corrected chi connectivity index (χ1v) is 8.31. The molecular formula is C20H22N3O2-. The van der Waals surface area contributed by atoms with Crippen molar-refractivity contribution in [2.45, 2.75) is 39.3 Å². The fraction of sp³-hybridized carbons (Fsp3) is 0.300. The summed E-state index contributed by atoms with van der Waals surface area (Å²) in [5, 5.41) is 26.8. The zero-order valence-corrected chi connectivity index (χ0v) is 14.7. The van der Waals surface area contributed by atoms with Crippen LogP contribution in [0.2, 0.25) is 0 Å². The molecule has 2 aromatic rings. The summed E-state index contributed by atoms with van der Waals surface area (Å²) in [6.45, 7) is 6.15. The average Bonchev–Trinajstić information content (AvgIpc) is 2.60. The highest BCUT2D eigenvalue weighted by molar-refractivity contribution is 5.78. The van der Waals surface area contributed by atoms with Crippen molar-refractivity contribution < 1.29 is 9.90 Å². The molecule has 5 heteroatoms. The Kier molecular flexibility index (Phi) is 6.02. The molecule has 2 aromatic carbocycles. The molecule has 1 unspecified atom stereocenters. The number of nitriles is 1.